The highest BCUT2D eigenvalue weighted by Crippen LogP contribution is 2.31. The smallest absolute Gasteiger partial charge is 0.315 e. The van der Waals surface area contributed by atoms with Crippen molar-refractivity contribution in [3.63, 3.8) is 0 Å². The van der Waals surface area contributed by atoms with E-state index in [1.807, 2.05) is 24.3 Å². The summed E-state index contributed by atoms with van der Waals surface area (Å²) in [6.07, 6.45) is 2.23. The maximum atomic E-state index is 11.7. The van der Waals surface area contributed by atoms with Crippen LogP contribution in [0.4, 0.5) is 4.79 Å². The Morgan fingerprint density at radius 1 is 1.24 bits per heavy atom. The molecule has 0 spiro atoms. The first-order valence-electron chi connectivity index (χ1n) is 6.07. The number of aliphatic hydroxyl groups is 1. The predicted octanol–water partition coefficient (Wildman–Crippen LogP) is 1.11. The average Bonchev–Trinajstić information content (AvgIpc) is 3.05. The van der Waals surface area contributed by atoms with Gasteiger partial charge >= 0.3 is 6.03 Å². The van der Waals surface area contributed by atoms with E-state index in [9.17, 15) is 9.90 Å². The molecule has 2 amide bonds. The van der Waals surface area contributed by atoms with E-state index in [1.165, 1.54) is 0 Å². The Morgan fingerprint density at radius 2 is 2.00 bits per heavy atom. The number of fused-ring (bicyclic) bond motifs is 1. The number of carbonyl (C=O) groups excluding carboxylic acids is 1. The van der Waals surface area contributed by atoms with Crippen molar-refractivity contribution in [2.24, 2.45) is 0 Å². The summed E-state index contributed by atoms with van der Waals surface area (Å²) in [6.45, 7) is 0. The second-order valence-electron chi connectivity index (χ2n) is 4.84. The molecule has 0 unspecified atom stereocenters. The number of amides is 2. The minimum atomic E-state index is -0.516. The van der Waals surface area contributed by atoms with Gasteiger partial charge in [0.05, 0.1) is 12.1 Å². The van der Waals surface area contributed by atoms with Gasteiger partial charge in [0.2, 0.25) is 0 Å². The minimum Gasteiger partial charge on any atom is -0.390 e. The normalized spacial score (nSPS) is 26.4. The number of benzene rings is 1. The summed E-state index contributed by atoms with van der Waals surface area (Å²) in [7, 11) is 0. The molecule has 17 heavy (non-hydrogen) atoms. The third-order valence-corrected chi connectivity index (χ3v) is 3.40. The number of carbonyl (C=O) groups is 1. The van der Waals surface area contributed by atoms with Crippen molar-refractivity contribution in [3.05, 3.63) is 35.4 Å². The highest BCUT2D eigenvalue weighted by molar-refractivity contribution is 5.75. The first-order chi connectivity index (χ1) is 8.24. The van der Waals surface area contributed by atoms with E-state index >= 15 is 0 Å². The zero-order valence-electron chi connectivity index (χ0n) is 9.52. The Labute approximate surface area is 100 Å². The molecule has 4 nitrogen and oxygen atoms in total. The molecule has 4 heteroatoms. The van der Waals surface area contributed by atoms with Crippen molar-refractivity contribution < 1.29 is 9.90 Å². The van der Waals surface area contributed by atoms with Gasteiger partial charge in [-0.05, 0) is 24.0 Å². The van der Waals surface area contributed by atoms with Crippen LogP contribution < -0.4 is 10.6 Å². The van der Waals surface area contributed by atoms with Gasteiger partial charge < -0.3 is 15.7 Å². The Hall–Kier alpha value is -1.55. The van der Waals surface area contributed by atoms with Gasteiger partial charge in [0, 0.05) is 12.5 Å². The zero-order chi connectivity index (χ0) is 11.8. The van der Waals surface area contributed by atoms with E-state index in [4.69, 9.17) is 0 Å². The van der Waals surface area contributed by atoms with Crippen LogP contribution in [-0.2, 0) is 6.42 Å². The Morgan fingerprint density at radius 3 is 2.76 bits per heavy atom. The SMILES string of the molecule is O=C(NC1CC1)N[C@@H]1c2ccccc2C[C@@H]1O. The lowest BCUT2D eigenvalue weighted by atomic mass is 10.1. The summed E-state index contributed by atoms with van der Waals surface area (Å²) < 4.78 is 0. The fraction of sp³-hybridized carbons (Fsp3) is 0.462. The number of nitrogens with one attached hydrogen (secondary N) is 2. The van der Waals surface area contributed by atoms with Crippen LogP contribution in [0.5, 0.6) is 0 Å². The summed E-state index contributed by atoms with van der Waals surface area (Å²) in [4.78, 5) is 11.7. The molecule has 90 valence electrons. The molecule has 0 aliphatic heterocycles. The van der Waals surface area contributed by atoms with E-state index < -0.39 is 6.10 Å². The molecule has 0 saturated heterocycles. The molecule has 0 bridgehead atoms. The molecule has 1 saturated carbocycles. The summed E-state index contributed by atoms with van der Waals surface area (Å²) in [5.74, 6) is 0. The Balaban J connectivity index is 1.71. The summed E-state index contributed by atoms with van der Waals surface area (Å²) in [5.41, 5.74) is 2.16. The van der Waals surface area contributed by atoms with E-state index in [-0.39, 0.29) is 12.1 Å². The Bertz CT molecular complexity index is 443. The topological polar surface area (TPSA) is 61.4 Å². The lowest BCUT2D eigenvalue weighted by molar-refractivity contribution is 0.142. The van der Waals surface area contributed by atoms with Crippen LogP contribution >= 0.6 is 0 Å². The van der Waals surface area contributed by atoms with Crippen molar-refractivity contribution in [3.8, 4) is 0 Å². The molecule has 3 rings (SSSR count). The molecule has 2 aliphatic rings. The van der Waals surface area contributed by atoms with Gasteiger partial charge in [0.1, 0.15) is 0 Å². The minimum absolute atomic E-state index is 0.173. The Kier molecular flexibility index (Phi) is 2.52. The first kappa shape index (κ1) is 10.6. The van der Waals surface area contributed by atoms with Crippen LogP contribution in [0.25, 0.3) is 0 Å². The van der Waals surface area contributed by atoms with E-state index in [2.05, 4.69) is 10.6 Å². The molecule has 0 aromatic heterocycles. The van der Waals surface area contributed by atoms with Gasteiger partial charge in [-0.2, -0.15) is 0 Å². The molecule has 1 aromatic carbocycles. The molecule has 2 atom stereocenters. The van der Waals surface area contributed by atoms with E-state index in [0.717, 1.165) is 24.0 Å². The van der Waals surface area contributed by atoms with E-state index in [0.29, 0.717) is 12.5 Å². The van der Waals surface area contributed by atoms with Gasteiger partial charge in [-0.25, -0.2) is 4.79 Å². The number of aliphatic hydroxyl groups excluding tert-OH is 1. The maximum absolute atomic E-state index is 11.7. The quantitative estimate of drug-likeness (QED) is 0.715. The fourth-order valence-electron chi connectivity index (χ4n) is 2.34. The zero-order valence-corrected chi connectivity index (χ0v) is 9.52. The van der Waals surface area contributed by atoms with Crippen molar-refractivity contribution in [1.29, 1.82) is 0 Å². The third kappa shape index (κ3) is 2.13. The van der Waals surface area contributed by atoms with Gasteiger partial charge in [-0.1, -0.05) is 24.3 Å². The number of hydrogen-bond acceptors (Lipinski definition) is 2. The van der Waals surface area contributed by atoms with Gasteiger partial charge in [0.25, 0.3) is 0 Å². The van der Waals surface area contributed by atoms with Crippen LogP contribution in [0.15, 0.2) is 24.3 Å². The molecule has 1 fully saturated rings. The fourth-order valence-corrected chi connectivity index (χ4v) is 2.34. The van der Waals surface area contributed by atoms with Gasteiger partial charge in [0.15, 0.2) is 0 Å². The van der Waals surface area contributed by atoms with Crippen molar-refractivity contribution in [2.45, 2.75) is 37.5 Å². The highest BCUT2D eigenvalue weighted by Gasteiger charge is 2.33. The van der Waals surface area contributed by atoms with Crippen LogP contribution in [-0.4, -0.2) is 23.3 Å². The number of urea groups is 1. The van der Waals surface area contributed by atoms with Crippen LogP contribution in [0, 0.1) is 0 Å². The number of rotatable bonds is 2. The molecular formula is C13H16N2O2. The van der Waals surface area contributed by atoms with Crippen LogP contribution in [0.3, 0.4) is 0 Å². The van der Waals surface area contributed by atoms with Crippen molar-refractivity contribution in [2.75, 3.05) is 0 Å². The molecule has 0 heterocycles. The standard InChI is InChI=1S/C13H16N2O2/c16-11-7-8-3-1-2-4-10(8)12(11)15-13(17)14-9-5-6-9/h1-4,9,11-12,16H,5-7H2,(H2,14,15,17)/t11-,12+/m0/s1. The average molecular weight is 232 g/mol. The van der Waals surface area contributed by atoms with Crippen molar-refractivity contribution in [1.82, 2.24) is 10.6 Å². The first-order valence-corrected chi connectivity index (χ1v) is 6.07. The second-order valence-corrected chi connectivity index (χ2v) is 4.84. The van der Waals surface area contributed by atoms with Gasteiger partial charge in [-0.3, -0.25) is 0 Å². The van der Waals surface area contributed by atoms with Crippen LogP contribution in [0.1, 0.15) is 30.0 Å². The summed E-state index contributed by atoms with van der Waals surface area (Å²) >= 11 is 0. The number of hydrogen-bond donors (Lipinski definition) is 3. The van der Waals surface area contributed by atoms with E-state index in [1.54, 1.807) is 0 Å². The second kappa shape index (κ2) is 4.04. The highest BCUT2D eigenvalue weighted by atomic mass is 16.3. The summed E-state index contributed by atoms with van der Waals surface area (Å²) in [6, 6.07) is 7.75. The molecule has 1 aromatic rings. The molecule has 3 N–H and O–H groups in total. The largest absolute Gasteiger partial charge is 0.390 e. The van der Waals surface area contributed by atoms with Crippen molar-refractivity contribution >= 4 is 6.03 Å². The lowest BCUT2D eigenvalue weighted by Crippen LogP contribution is -2.41. The molecule has 2 aliphatic carbocycles. The predicted molar refractivity (Wildman–Crippen MR) is 63.6 cm³/mol. The monoisotopic (exact) mass is 232 g/mol. The molecule has 0 radical (unpaired) electrons. The van der Waals surface area contributed by atoms with Crippen LogP contribution in [0.2, 0.25) is 0 Å². The summed E-state index contributed by atoms with van der Waals surface area (Å²) in [5, 5.41) is 15.7. The lowest BCUT2D eigenvalue weighted by Gasteiger charge is -2.18. The molecular weight excluding hydrogens is 216 g/mol. The third-order valence-electron chi connectivity index (χ3n) is 3.40. The maximum Gasteiger partial charge on any atom is 0.315 e. The van der Waals surface area contributed by atoms with Gasteiger partial charge in [-0.15, -0.1) is 0 Å².